The van der Waals surface area contributed by atoms with Gasteiger partial charge in [-0.2, -0.15) is 0 Å². The fraction of sp³-hybridized carbons (Fsp3) is 1.00. The predicted molar refractivity (Wildman–Crippen MR) is 71.8 cm³/mol. The van der Waals surface area contributed by atoms with Gasteiger partial charge in [0.15, 0.2) is 0 Å². The Morgan fingerprint density at radius 3 is 2.31 bits per heavy atom. The Balaban J connectivity index is 2.60. The smallest absolute Gasteiger partial charge is 0.0158 e. The molecule has 1 saturated heterocycles. The van der Waals surface area contributed by atoms with E-state index in [0.29, 0.717) is 17.0 Å². The van der Waals surface area contributed by atoms with Crippen molar-refractivity contribution in [2.75, 3.05) is 19.6 Å². The van der Waals surface area contributed by atoms with Gasteiger partial charge in [0.2, 0.25) is 0 Å². The fourth-order valence-electron chi connectivity index (χ4n) is 3.02. The van der Waals surface area contributed by atoms with E-state index in [-0.39, 0.29) is 0 Å². The minimum absolute atomic E-state index is 0.323. The number of nitrogens with one attached hydrogen (secondary N) is 1. The molecule has 0 spiro atoms. The lowest BCUT2D eigenvalue weighted by atomic mass is 9.80. The molecule has 0 amide bonds. The molecule has 0 aromatic carbocycles. The lowest BCUT2D eigenvalue weighted by Crippen LogP contribution is -2.47. The quantitative estimate of drug-likeness (QED) is 0.779. The molecule has 1 aliphatic rings. The highest BCUT2D eigenvalue weighted by molar-refractivity contribution is 4.88. The zero-order valence-corrected chi connectivity index (χ0v) is 12.1. The van der Waals surface area contributed by atoms with Crippen LogP contribution in [0.5, 0.6) is 0 Å². The van der Waals surface area contributed by atoms with E-state index in [2.05, 4.69) is 51.8 Å². The van der Waals surface area contributed by atoms with E-state index >= 15 is 0 Å². The highest BCUT2D eigenvalue weighted by Crippen LogP contribution is 2.31. The first-order valence-electron chi connectivity index (χ1n) is 6.69. The van der Waals surface area contributed by atoms with Gasteiger partial charge >= 0.3 is 0 Å². The number of hydrogen-bond acceptors (Lipinski definition) is 2. The van der Waals surface area contributed by atoms with Crippen LogP contribution in [-0.2, 0) is 0 Å². The first-order valence-corrected chi connectivity index (χ1v) is 6.69. The Morgan fingerprint density at radius 2 is 1.75 bits per heavy atom. The van der Waals surface area contributed by atoms with Crippen LogP contribution in [0.15, 0.2) is 0 Å². The third kappa shape index (κ3) is 4.42. The summed E-state index contributed by atoms with van der Waals surface area (Å²) in [6.07, 6.45) is 2.53. The largest absolute Gasteiger partial charge is 0.313 e. The first-order chi connectivity index (χ1) is 7.21. The van der Waals surface area contributed by atoms with Gasteiger partial charge in [0.25, 0.3) is 0 Å². The van der Waals surface area contributed by atoms with Crippen LogP contribution in [0.25, 0.3) is 0 Å². The van der Waals surface area contributed by atoms with Crippen LogP contribution < -0.4 is 5.32 Å². The molecule has 16 heavy (non-hydrogen) atoms. The molecule has 96 valence electrons. The molecule has 1 atom stereocenters. The molecular formula is C14H30N2. The fourth-order valence-corrected chi connectivity index (χ4v) is 3.02. The Hall–Kier alpha value is -0.0800. The summed E-state index contributed by atoms with van der Waals surface area (Å²) in [5.41, 5.74) is 0.735. The maximum atomic E-state index is 3.57. The zero-order chi connectivity index (χ0) is 12.4. The summed E-state index contributed by atoms with van der Waals surface area (Å²) < 4.78 is 0. The standard InChI is InChI=1S/C14H30N2/c1-12-7-9-16(10-8-15-12)14(5,6)11-13(2,3)4/h12,15H,7-11H2,1-6H3. The van der Waals surface area contributed by atoms with Crippen LogP contribution >= 0.6 is 0 Å². The highest BCUT2D eigenvalue weighted by atomic mass is 15.2. The van der Waals surface area contributed by atoms with Crippen LogP contribution in [0, 0.1) is 5.41 Å². The molecule has 0 saturated carbocycles. The second-order valence-electron chi connectivity index (χ2n) is 7.18. The van der Waals surface area contributed by atoms with Gasteiger partial charge in [-0.25, -0.2) is 0 Å². The van der Waals surface area contributed by atoms with Gasteiger partial charge in [-0.3, -0.25) is 4.90 Å². The molecule has 1 heterocycles. The molecule has 0 aliphatic carbocycles. The van der Waals surface area contributed by atoms with Gasteiger partial charge in [-0.1, -0.05) is 20.8 Å². The number of nitrogens with zero attached hydrogens (tertiary/aromatic N) is 1. The van der Waals surface area contributed by atoms with Crippen LogP contribution in [0.4, 0.5) is 0 Å². The van der Waals surface area contributed by atoms with Gasteiger partial charge in [0.05, 0.1) is 0 Å². The molecule has 2 heteroatoms. The van der Waals surface area contributed by atoms with E-state index in [0.717, 1.165) is 6.54 Å². The molecule has 1 N–H and O–H groups in total. The number of hydrogen-bond donors (Lipinski definition) is 1. The molecule has 1 rings (SSSR count). The Bertz CT molecular complexity index is 215. The van der Waals surface area contributed by atoms with Crippen molar-refractivity contribution in [3.8, 4) is 0 Å². The van der Waals surface area contributed by atoms with E-state index in [1.807, 2.05) is 0 Å². The maximum Gasteiger partial charge on any atom is 0.0158 e. The van der Waals surface area contributed by atoms with Crippen molar-refractivity contribution in [2.45, 2.75) is 66.0 Å². The summed E-state index contributed by atoms with van der Waals surface area (Å²) in [7, 11) is 0. The van der Waals surface area contributed by atoms with Crippen molar-refractivity contribution in [2.24, 2.45) is 5.41 Å². The summed E-state index contributed by atoms with van der Waals surface area (Å²) in [5.74, 6) is 0. The third-order valence-electron chi connectivity index (χ3n) is 3.53. The molecule has 0 aromatic rings. The molecular weight excluding hydrogens is 196 g/mol. The topological polar surface area (TPSA) is 15.3 Å². The summed E-state index contributed by atoms with van der Waals surface area (Å²) in [6, 6.07) is 0.676. The Labute approximate surface area is 102 Å². The lowest BCUT2D eigenvalue weighted by Gasteiger charge is -2.42. The van der Waals surface area contributed by atoms with E-state index in [1.165, 1.54) is 25.9 Å². The van der Waals surface area contributed by atoms with Gasteiger partial charge in [-0.05, 0) is 39.0 Å². The molecule has 0 aromatic heterocycles. The van der Waals surface area contributed by atoms with Crippen molar-refractivity contribution in [1.29, 1.82) is 0 Å². The predicted octanol–water partition coefficient (Wildman–Crippen LogP) is 2.89. The zero-order valence-electron chi connectivity index (χ0n) is 12.1. The molecule has 0 radical (unpaired) electrons. The van der Waals surface area contributed by atoms with Gasteiger partial charge in [0, 0.05) is 31.2 Å². The number of rotatable bonds is 2. The SMILES string of the molecule is CC1CCN(C(C)(C)CC(C)(C)C)CCN1. The summed E-state index contributed by atoms with van der Waals surface area (Å²) in [4.78, 5) is 2.66. The second kappa shape index (κ2) is 5.05. The third-order valence-corrected chi connectivity index (χ3v) is 3.53. The molecule has 1 fully saturated rings. The minimum Gasteiger partial charge on any atom is -0.313 e. The average Bonchev–Trinajstić information content (AvgIpc) is 2.25. The van der Waals surface area contributed by atoms with Crippen molar-refractivity contribution in [3.63, 3.8) is 0 Å². The molecule has 1 unspecified atom stereocenters. The summed E-state index contributed by atoms with van der Waals surface area (Å²) in [5, 5.41) is 3.57. The second-order valence-corrected chi connectivity index (χ2v) is 7.18. The van der Waals surface area contributed by atoms with Gasteiger partial charge < -0.3 is 5.32 Å². The summed E-state index contributed by atoms with van der Waals surface area (Å²) in [6.45, 7) is 17.7. The highest BCUT2D eigenvalue weighted by Gasteiger charge is 2.32. The monoisotopic (exact) mass is 226 g/mol. The molecule has 2 nitrogen and oxygen atoms in total. The molecule has 1 aliphatic heterocycles. The van der Waals surface area contributed by atoms with Gasteiger partial charge in [-0.15, -0.1) is 0 Å². The maximum absolute atomic E-state index is 3.57. The van der Waals surface area contributed by atoms with Crippen molar-refractivity contribution < 1.29 is 0 Å². The van der Waals surface area contributed by atoms with Crippen LogP contribution in [0.3, 0.4) is 0 Å². The van der Waals surface area contributed by atoms with Crippen LogP contribution in [0.2, 0.25) is 0 Å². The summed E-state index contributed by atoms with van der Waals surface area (Å²) >= 11 is 0. The first kappa shape index (κ1) is 14.0. The van der Waals surface area contributed by atoms with E-state index in [9.17, 15) is 0 Å². The lowest BCUT2D eigenvalue weighted by molar-refractivity contribution is 0.0831. The van der Waals surface area contributed by atoms with Crippen molar-refractivity contribution >= 4 is 0 Å². The Morgan fingerprint density at radius 1 is 1.12 bits per heavy atom. The minimum atomic E-state index is 0.323. The van der Waals surface area contributed by atoms with Crippen LogP contribution in [0.1, 0.15) is 54.4 Å². The van der Waals surface area contributed by atoms with Crippen molar-refractivity contribution in [1.82, 2.24) is 10.2 Å². The van der Waals surface area contributed by atoms with E-state index in [1.54, 1.807) is 0 Å². The van der Waals surface area contributed by atoms with E-state index in [4.69, 9.17) is 0 Å². The average molecular weight is 226 g/mol. The van der Waals surface area contributed by atoms with Gasteiger partial charge in [0.1, 0.15) is 0 Å². The molecule has 0 bridgehead atoms. The van der Waals surface area contributed by atoms with E-state index < -0.39 is 0 Å². The Kier molecular flexibility index (Phi) is 4.42. The normalized spacial score (nSPS) is 25.5. The van der Waals surface area contributed by atoms with Crippen molar-refractivity contribution in [3.05, 3.63) is 0 Å². The van der Waals surface area contributed by atoms with Crippen LogP contribution in [-0.4, -0.2) is 36.1 Å².